The molecule has 0 aliphatic carbocycles. The lowest BCUT2D eigenvalue weighted by atomic mass is 10.1. The fourth-order valence-corrected chi connectivity index (χ4v) is 2.00. The number of benzene rings is 1. The van der Waals surface area contributed by atoms with Gasteiger partial charge in [0.05, 0.1) is 0 Å². The van der Waals surface area contributed by atoms with Gasteiger partial charge in [0.1, 0.15) is 4.99 Å². The number of rotatable bonds is 7. The first-order valence-corrected chi connectivity index (χ1v) is 6.62. The Morgan fingerprint density at radius 3 is 2.56 bits per heavy atom. The molecule has 0 fully saturated rings. The van der Waals surface area contributed by atoms with Crippen LogP contribution in [0.4, 0.5) is 0 Å². The summed E-state index contributed by atoms with van der Waals surface area (Å²) >= 11 is 4.99. The number of nitrogens with two attached hydrogens (primary N) is 1. The number of hydrogen-bond acceptors (Lipinski definition) is 3. The summed E-state index contributed by atoms with van der Waals surface area (Å²) in [6, 6.07) is 8.16. The second-order valence-corrected chi connectivity index (χ2v) is 5.40. The van der Waals surface area contributed by atoms with Crippen molar-refractivity contribution in [1.82, 2.24) is 9.80 Å². The highest BCUT2D eigenvalue weighted by Crippen LogP contribution is 2.08. The van der Waals surface area contributed by atoms with Gasteiger partial charge in [-0.05, 0) is 52.3 Å². The summed E-state index contributed by atoms with van der Waals surface area (Å²) in [5, 5.41) is 0. The van der Waals surface area contributed by atoms with Crippen molar-refractivity contribution in [1.29, 1.82) is 0 Å². The maximum atomic E-state index is 5.64. The van der Waals surface area contributed by atoms with Crippen LogP contribution in [-0.4, -0.2) is 49.0 Å². The van der Waals surface area contributed by atoms with Gasteiger partial charge >= 0.3 is 0 Å². The third-order valence-corrected chi connectivity index (χ3v) is 3.04. The average molecular weight is 265 g/mol. The molecule has 0 aliphatic heterocycles. The normalized spacial score (nSPS) is 11.2. The fourth-order valence-electron chi connectivity index (χ4n) is 1.87. The van der Waals surface area contributed by atoms with Crippen molar-refractivity contribution in [3.63, 3.8) is 0 Å². The zero-order valence-electron chi connectivity index (χ0n) is 11.5. The lowest BCUT2D eigenvalue weighted by Gasteiger charge is -2.18. The lowest BCUT2D eigenvalue weighted by molar-refractivity contribution is 0.294. The largest absolute Gasteiger partial charge is 0.389 e. The molecule has 0 amide bonds. The Morgan fingerprint density at radius 1 is 1.22 bits per heavy atom. The van der Waals surface area contributed by atoms with Crippen molar-refractivity contribution in [3.05, 3.63) is 35.4 Å². The molecule has 0 spiro atoms. The predicted octanol–water partition coefficient (Wildman–Crippen LogP) is 1.70. The van der Waals surface area contributed by atoms with Crippen LogP contribution >= 0.6 is 12.2 Å². The third kappa shape index (κ3) is 5.58. The average Bonchev–Trinajstić information content (AvgIpc) is 2.28. The summed E-state index contributed by atoms with van der Waals surface area (Å²) in [7, 11) is 6.35. The van der Waals surface area contributed by atoms with Gasteiger partial charge in [-0.3, -0.25) is 0 Å². The molecule has 0 atom stereocenters. The zero-order chi connectivity index (χ0) is 13.5. The van der Waals surface area contributed by atoms with Crippen LogP contribution in [0.5, 0.6) is 0 Å². The Balaban J connectivity index is 2.46. The highest BCUT2D eigenvalue weighted by atomic mass is 32.1. The van der Waals surface area contributed by atoms with Gasteiger partial charge in [-0.25, -0.2) is 0 Å². The van der Waals surface area contributed by atoms with Gasteiger partial charge in [0.25, 0.3) is 0 Å². The minimum absolute atomic E-state index is 0.465. The van der Waals surface area contributed by atoms with E-state index in [1.54, 1.807) is 0 Å². The Kier molecular flexibility index (Phi) is 6.25. The quantitative estimate of drug-likeness (QED) is 0.761. The maximum absolute atomic E-state index is 5.64. The van der Waals surface area contributed by atoms with Gasteiger partial charge in [-0.2, -0.15) is 0 Å². The molecule has 0 saturated heterocycles. The van der Waals surface area contributed by atoms with Crippen molar-refractivity contribution >= 4 is 17.2 Å². The Bertz CT molecular complexity index is 390. The first-order chi connectivity index (χ1) is 8.49. The van der Waals surface area contributed by atoms with Crippen LogP contribution in [0.15, 0.2) is 24.3 Å². The molecule has 0 radical (unpaired) electrons. The molecule has 0 unspecified atom stereocenters. The smallest absolute Gasteiger partial charge is 0.103 e. The highest BCUT2D eigenvalue weighted by molar-refractivity contribution is 7.80. The van der Waals surface area contributed by atoms with Crippen LogP contribution in [0.1, 0.15) is 17.5 Å². The fraction of sp³-hybridized carbons (Fsp3) is 0.500. The summed E-state index contributed by atoms with van der Waals surface area (Å²) < 4.78 is 0. The molecule has 1 rings (SSSR count). The first kappa shape index (κ1) is 15.1. The number of nitrogens with zero attached hydrogens (tertiary/aromatic N) is 2. The molecule has 4 heteroatoms. The van der Waals surface area contributed by atoms with Gasteiger partial charge in [0, 0.05) is 12.1 Å². The van der Waals surface area contributed by atoms with E-state index >= 15 is 0 Å². The molecule has 18 heavy (non-hydrogen) atoms. The van der Waals surface area contributed by atoms with Crippen LogP contribution in [0.3, 0.4) is 0 Å². The van der Waals surface area contributed by atoms with Crippen molar-refractivity contribution in [3.8, 4) is 0 Å². The van der Waals surface area contributed by atoms with Crippen molar-refractivity contribution in [2.45, 2.75) is 13.0 Å². The second-order valence-electron chi connectivity index (χ2n) is 4.96. The van der Waals surface area contributed by atoms with Crippen molar-refractivity contribution in [2.24, 2.45) is 5.73 Å². The van der Waals surface area contributed by atoms with E-state index in [0.717, 1.165) is 25.2 Å². The monoisotopic (exact) mass is 265 g/mol. The molecule has 2 N–H and O–H groups in total. The molecule has 1 aromatic rings. The topological polar surface area (TPSA) is 32.5 Å². The highest BCUT2D eigenvalue weighted by Gasteiger charge is 2.03. The van der Waals surface area contributed by atoms with Crippen LogP contribution in [0.2, 0.25) is 0 Å². The summed E-state index contributed by atoms with van der Waals surface area (Å²) in [6.07, 6.45) is 1.18. The van der Waals surface area contributed by atoms with Crippen LogP contribution in [0.25, 0.3) is 0 Å². The molecule has 0 aromatic heterocycles. The minimum atomic E-state index is 0.465. The van der Waals surface area contributed by atoms with E-state index in [4.69, 9.17) is 18.0 Å². The Morgan fingerprint density at radius 2 is 1.94 bits per heavy atom. The van der Waals surface area contributed by atoms with Crippen LogP contribution in [-0.2, 0) is 6.54 Å². The first-order valence-electron chi connectivity index (χ1n) is 6.21. The van der Waals surface area contributed by atoms with E-state index in [-0.39, 0.29) is 0 Å². The zero-order valence-corrected chi connectivity index (χ0v) is 12.3. The second kappa shape index (κ2) is 7.46. The summed E-state index contributed by atoms with van der Waals surface area (Å²) in [5.74, 6) is 0. The third-order valence-electron chi connectivity index (χ3n) is 2.81. The molecule has 1 aromatic carbocycles. The van der Waals surface area contributed by atoms with E-state index < -0.39 is 0 Å². The van der Waals surface area contributed by atoms with Crippen LogP contribution in [0, 0.1) is 0 Å². The van der Waals surface area contributed by atoms with Crippen molar-refractivity contribution < 1.29 is 0 Å². The molecular weight excluding hydrogens is 242 g/mol. The molecule has 3 nitrogen and oxygen atoms in total. The number of thiocarbonyl (C=S) groups is 1. The molecule has 0 bridgehead atoms. The lowest BCUT2D eigenvalue weighted by Crippen LogP contribution is -2.23. The van der Waals surface area contributed by atoms with Gasteiger partial charge in [-0.1, -0.05) is 30.4 Å². The SMILES string of the molecule is CN(C)CCCN(C)Cc1cccc(C(N)=S)c1. The summed E-state index contributed by atoms with van der Waals surface area (Å²) in [4.78, 5) is 5.00. The van der Waals surface area contributed by atoms with E-state index in [0.29, 0.717) is 4.99 Å². The number of hydrogen-bond donors (Lipinski definition) is 1. The predicted molar refractivity (Wildman–Crippen MR) is 81.8 cm³/mol. The van der Waals surface area contributed by atoms with E-state index in [1.807, 2.05) is 12.1 Å². The van der Waals surface area contributed by atoms with Gasteiger partial charge < -0.3 is 15.5 Å². The van der Waals surface area contributed by atoms with Gasteiger partial charge in [0.15, 0.2) is 0 Å². The molecule has 0 saturated carbocycles. The Labute approximate surface area is 116 Å². The van der Waals surface area contributed by atoms with E-state index in [2.05, 4.69) is 43.1 Å². The van der Waals surface area contributed by atoms with Crippen molar-refractivity contribution in [2.75, 3.05) is 34.2 Å². The summed E-state index contributed by atoms with van der Waals surface area (Å²) in [5.41, 5.74) is 7.84. The standard InChI is InChI=1S/C14H23N3S/c1-16(2)8-5-9-17(3)11-12-6-4-7-13(10-12)14(15)18/h4,6-7,10H,5,8-9,11H2,1-3H3,(H2,15,18). The van der Waals surface area contributed by atoms with Gasteiger partial charge in [-0.15, -0.1) is 0 Å². The minimum Gasteiger partial charge on any atom is -0.389 e. The molecule has 100 valence electrons. The maximum Gasteiger partial charge on any atom is 0.103 e. The molecular formula is C14H23N3S. The van der Waals surface area contributed by atoms with Crippen LogP contribution < -0.4 is 5.73 Å². The summed E-state index contributed by atoms with van der Waals surface area (Å²) in [6.45, 7) is 3.15. The van der Waals surface area contributed by atoms with E-state index in [1.165, 1.54) is 12.0 Å². The Hall–Kier alpha value is -0.970. The van der Waals surface area contributed by atoms with Gasteiger partial charge in [0.2, 0.25) is 0 Å². The molecule has 0 aliphatic rings. The molecule has 0 heterocycles. The van der Waals surface area contributed by atoms with E-state index in [9.17, 15) is 0 Å².